The lowest BCUT2D eigenvalue weighted by Crippen LogP contribution is -2.16. The summed E-state index contributed by atoms with van der Waals surface area (Å²) in [5.41, 5.74) is 2.52. The number of halogens is 3. The Bertz CT molecular complexity index is 1370. The quantitative estimate of drug-likeness (QED) is 0.440. The van der Waals surface area contributed by atoms with E-state index in [4.69, 9.17) is 5.73 Å². The Labute approximate surface area is 181 Å². The second-order valence-electron chi connectivity index (χ2n) is 6.14. The molecule has 160 valence electrons. The Morgan fingerprint density at radius 3 is 2.38 bits per heavy atom. The summed E-state index contributed by atoms with van der Waals surface area (Å²) in [6.07, 6.45) is -3.96. The third-order valence-corrected chi connectivity index (χ3v) is 5.21. The summed E-state index contributed by atoms with van der Waals surface area (Å²) in [6, 6.07) is 8.94. The van der Waals surface area contributed by atoms with Crippen molar-refractivity contribution in [1.82, 2.24) is 9.97 Å². The van der Waals surface area contributed by atoms with E-state index in [0.29, 0.717) is 6.20 Å². The number of H-pyrrole nitrogens is 1. The molecular weight excluding hydrogens is 449 g/mol. The van der Waals surface area contributed by atoms with E-state index in [2.05, 4.69) is 9.97 Å². The number of nitrogens with zero attached hydrogens (tertiary/aromatic N) is 4. The lowest BCUT2D eigenvalue weighted by atomic mass is 9.96. The number of aromatic amines is 1. The number of hydrogen-bond donors (Lipinski definition) is 2. The molecule has 32 heavy (non-hydrogen) atoms. The molecular formula is C19H9F3N6O3S. The van der Waals surface area contributed by atoms with Crippen LogP contribution >= 0.6 is 11.8 Å². The van der Waals surface area contributed by atoms with Gasteiger partial charge >= 0.3 is 6.18 Å². The number of anilines is 1. The molecule has 3 N–H and O–H groups in total. The van der Waals surface area contributed by atoms with Gasteiger partial charge in [0.2, 0.25) is 0 Å². The van der Waals surface area contributed by atoms with E-state index in [1.165, 1.54) is 12.1 Å². The normalized spacial score (nSPS) is 10.9. The topological polar surface area (TPSA) is 162 Å². The van der Waals surface area contributed by atoms with Crippen LogP contribution in [0.3, 0.4) is 0 Å². The van der Waals surface area contributed by atoms with Gasteiger partial charge in [-0.3, -0.25) is 14.9 Å². The van der Waals surface area contributed by atoms with Gasteiger partial charge in [0.25, 0.3) is 11.2 Å². The number of nitro benzene ring substituents is 1. The van der Waals surface area contributed by atoms with Crippen LogP contribution in [0.15, 0.2) is 51.2 Å². The lowest BCUT2D eigenvalue weighted by Gasteiger charge is -2.10. The van der Waals surface area contributed by atoms with Gasteiger partial charge in [-0.15, -0.1) is 0 Å². The zero-order valence-corrected chi connectivity index (χ0v) is 16.4. The highest BCUT2D eigenvalue weighted by Crippen LogP contribution is 2.39. The Kier molecular flexibility index (Phi) is 5.87. The zero-order valence-electron chi connectivity index (χ0n) is 15.6. The maximum absolute atomic E-state index is 12.7. The van der Waals surface area contributed by atoms with E-state index >= 15 is 0 Å². The Morgan fingerprint density at radius 2 is 1.84 bits per heavy atom. The predicted molar refractivity (Wildman–Crippen MR) is 106 cm³/mol. The molecule has 0 bridgehead atoms. The molecule has 0 fully saturated rings. The fraction of sp³-hybridized carbons (Fsp3) is 0.0526. The van der Waals surface area contributed by atoms with Gasteiger partial charge in [0, 0.05) is 17.8 Å². The molecule has 0 aliphatic heterocycles. The second kappa shape index (κ2) is 8.41. The molecule has 13 heteroatoms. The summed E-state index contributed by atoms with van der Waals surface area (Å²) in [4.78, 5) is 28.8. The van der Waals surface area contributed by atoms with Crippen molar-refractivity contribution in [3.8, 4) is 23.3 Å². The average Bonchev–Trinajstić information content (AvgIpc) is 2.73. The smallest absolute Gasteiger partial charge is 0.384 e. The van der Waals surface area contributed by atoms with Crippen LogP contribution in [0.4, 0.5) is 24.7 Å². The number of benzene rings is 1. The number of alkyl halides is 3. The highest BCUT2D eigenvalue weighted by Gasteiger charge is 2.31. The van der Waals surface area contributed by atoms with E-state index in [0.717, 1.165) is 30.0 Å². The molecule has 2 heterocycles. The van der Waals surface area contributed by atoms with Gasteiger partial charge in [-0.25, -0.2) is 4.98 Å². The zero-order chi connectivity index (χ0) is 23.6. The monoisotopic (exact) mass is 458 g/mol. The molecule has 0 aliphatic rings. The summed E-state index contributed by atoms with van der Waals surface area (Å²) < 4.78 is 38.1. The fourth-order valence-electron chi connectivity index (χ4n) is 2.75. The molecule has 0 unspecified atom stereocenters. The lowest BCUT2D eigenvalue weighted by molar-refractivity contribution is -0.387. The summed E-state index contributed by atoms with van der Waals surface area (Å²) in [7, 11) is 0. The van der Waals surface area contributed by atoms with Crippen molar-refractivity contribution >= 4 is 23.3 Å². The number of pyridine rings is 2. The first-order valence-corrected chi connectivity index (χ1v) is 9.24. The second-order valence-corrected chi connectivity index (χ2v) is 7.20. The third-order valence-electron chi connectivity index (χ3n) is 4.19. The molecule has 9 nitrogen and oxygen atoms in total. The molecule has 3 aromatic rings. The van der Waals surface area contributed by atoms with Crippen LogP contribution in [0.25, 0.3) is 11.1 Å². The van der Waals surface area contributed by atoms with Gasteiger partial charge in [-0.1, -0.05) is 17.8 Å². The van der Waals surface area contributed by atoms with Gasteiger partial charge in [0.1, 0.15) is 34.1 Å². The van der Waals surface area contributed by atoms with E-state index in [9.17, 15) is 38.6 Å². The van der Waals surface area contributed by atoms with Crippen molar-refractivity contribution in [2.45, 2.75) is 16.1 Å². The molecule has 2 aromatic heterocycles. The van der Waals surface area contributed by atoms with Gasteiger partial charge in [0.05, 0.1) is 15.4 Å². The molecule has 0 spiro atoms. The Morgan fingerprint density at radius 1 is 1.16 bits per heavy atom. The summed E-state index contributed by atoms with van der Waals surface area (Å²) in [6.45, 7) is 0. The number of hydrogen-bond acceptors (Lipinski definition) is 8. The Balaban J connectivity index is 2.11. The molecule has 0 saturated heterocycles. The van der Waals surface area contributed by atoms with Crippen molar-refractivity contribution in [2.75, 3.05) is 5.73 Å². The van der Waals surface area contributed by atoms with Crippen molar-refractivity contribution in [1.29, 1.82) is 10.5 Å². The van der Waals surface area contributed by atoms with E-state index in [-0.39, 0.29) is 32.4 Å². The summed E-state index contributed by atoms with van der Waals surface area (Å²) in [5, 5.41) is 30.4. The van der Waals surface area contributed by atoms with E-state index in [1.54, 1.807) is 12.1 Å². The fourth-order valence-corrected chi connectivity index (χ4v) is 3.60. The minimum Gasteiger partial charge on any atom is -0.384 e. The highest BCUT2D eigenvalue weighted by molar-refractivity contribution is 7.99. The Hall–Kier alpha value is -4.36. The number of nitrogens with two attached hydrogens (primary N) is 1. The molecule has 0 atom stereocenters. The molecule has 0 aliphatic carbocycles. The molecule has 0 amide bonds. The molecule has 0 radical (unpaired) electrons. The average molecular weight is 458 g/mol. The van der Waals surface area contributed by atoms with Crippen molar-refractivity contribution < 1.29 is 18.1 Å². The van der Waals surface area contributed by atoms with Crippen LogP contribution in [0.5, 0.6) is 0 Å². The van der Waals surface area contributed by atoms with Crippen LogP contribution in [0, 0.1) is 32.8 Å². The maximum atomic E-state index is 12.7. The number of nitro groups is 1. The summed E-state index contributed by atoms with van der Waals surface area (Å²) in [5.74, 6) is -0.304. The van der Waals surface area contributed by atoms with Crippen LogP contribution in [-0.4, -0.2) is 14.9 Å². The number of rotatable bonds is 4. The van der Waals surface area contributed by atoms with E-state index in [1.807, 2.05) is 0 Å². The van der Waals surface area contributed by atoms with Crippen molar-refractivity contribution in [3.05, 3.63) is 73.7 Å². The first-order valence-electron chi connectivity index (χ1n) is 8.42. The maximum Gasteiger partial charge on any atom is 0.417 e. The number of nitrogen functional groups attached to an aromatic ring is 1. The summed E-state index contributed by atoms with van der Waals surface area (Å²) >= 11 is 0.749. The SMILES string of the molecule is N#Cc1c(N)[nH]c(=O)c(C#N)c1-c1ccc(Sc2ccc(C(F)(F)F)cn2)c([N+](=O)[O-])c1. The molecule has 1 aromatic carbocycles. The van der Waals surface area contributed by atoms with Crippen LogP contribution in [-0.2, 0) is 6.18 Å². The molecule has 0 saturated carbocycles. The third kappa shape index (κ3) is 4.23. The minimum absolute atomic E-state index is 0.0207. The number of nitriles is 2. The highest BCUT2D eigenvalue weighted by atomic mass is 32.2. The number of aromatic nitrogens is 2. The van der Waals surface area contributed by atoms with Gasteiger partial charge in [0.15, 0.2) is 0 Å². The van der Waals surface area contributed by atoms with E-state index < -0.39 is 33.5 Å². The van der Waals surface area contributed by atoms with Crippen LogP contribution in [0.1, 0.15) is 16.7 Å². The standard InChI is InChI=1S/C19H9F3N6O3S/c20-19(21,22)10-2-4-15(26-8-10)32-14-3-1-9(5-13(14)28(30)31)16-11(6-23)17(25)27-18(29)12(16)7-24/h1-5,8H,(H3,25,27,29). The minimum atomic E-state index is -4.57. The van der Waals surface area contributed by atoms with Gasteiger partial charge in [-0.2, -0.15) is 23.7 Å². The number of nitrogens with one attached hydrogen (secondary N) is 1. The van der Waals surface area contributed by atoms with Gasteiger partial charge < -0.3 is 10.7 Å². The first-order chi connectivity index (χ1) is 15.1. The molecule has 3 rings (SSSR count). The van der Waals surface area contributed by atoms with Crippen LogP contribution in [0.2, 0.25) is 0 Å². The van der Waals surface area contributed by atoms with Crippen molar-refractivity contribution in [3.63, 3.8) is 0 Å². The predicted octanol–water partition coefficient (Wildman–Crippen LogP) is 3.84. The van der Waals surface area contributed by atoms with Crippen molar-refractivity contribution in [2.24, 2.45) is 0 Å². The van der Waals surface area contributed by atoms with Crippen LogP contribution < -0.4 is 11.3 Å². The van der Waals surface area contributed by atoms with Gasteiger partial charge in [-0.05, 0) is 23.8 Å². The first kappa shape index (κ1) is 22.3. The largest absolute Gasteiger partial charge is 0.417 e.